The highest BCUT2D eigenvalue weighted by atomic mass is 32.1. The molecule has 1 aromatic heterocycles. The molecule has 1 atom stereocenters. The van der Waals surface area contributed by atoms with E-state index in [1.165, 1.54) is 18.4 Å². The zero-order chi connectivity index (χ0) is 10.0. The van der Waals surface area contributed by atoms with E-state index in [1.54, 1.807) is 6.92 Å². The van der Waals surface area contributed by atoms with Crippen LogP contribution >= 0.6 is 11.3 Å². The van der Waals surface area contributed by atoms with Crippen molar-refractivity contribution >= 4 is 17.1 Å². The number of methoxy groups -OCH3 is 1. The topological polar surface area (TPSA) is 39.2 Å². The van der Waals surface area contributed by atoms with E-state index in [0.717, 1.165) is 10.6 Å². The fraction of sp³-hybridized carbons (Fsp3) is 0.556. The highest BCUT2D eigenvalue weighted by Gasteiger charge is 2.18. The smallest absolute Gasteiger partial charge is 0.219 e. The molecule has 0 bridgehead atoms. The lowest BCUT2D eigenvalue weighted by molar-refractivity contribution is 0.0655. The summed E-state index contributed by atoms with van der Waals surface area (Å²) in [5.74, 6) is -0.0382. The van der Waals surface area contributed by atoms with E-state index in [4.69, 9.17) is 4.74 Å². The molecule has 1 heterocycles. The largest absolute Gasteiger partial charge is 0.373 e. The molecular weight excluding hydrogens is 186 g/mol. The fourth-order valence-electron chi connectivity index (χ4n) is 0.859. The highest BCUT2D eigenvalue weighted by molar-refractivity contribution is 7.13. The fourth-order valence-corrected chi connectivity index (χ4v) is 1.79. The maximum absolute atomic E-state index is 11.6. The Kier molecular flexibility index (Phi) is 3.17. The van der Waals surface area contributed by atoms with Crippen molar-refractivity contribution in [3.05, 3.63) is 15.6 Å². The number of thiazole rings is 1. The molecule has 0 aliphatic heterocycles. The van der Waals surface area contributed by atoms with Crippen LogP contribution in [0, 0.1) is 13.8 Å². The summed E-state index contributed by atoms with van der Waals surface area (Å²) < 4.78 is 4.93. The number of aromatic nitrogens is 1. The van der Waals surface area contributed by atoms with Crippen LogP contribution in [0.3, 0.4) is 0 Å². The third-order valence-corrected chi connectivity index (χ3v) is 3.05. The first kappa shape index (κ1) is 10.3. The van der Waals surface area contributed by atoms with Gasteiger partial charge in [-0.1, -0.05) is 0 Å². The van der Waals surface area contributed by atoms with Gasteiger partial charge >= 0.3 is 0 Å². The lowest BCUT2D eigenvalue weighted by atomic mass is 10.3. The van der Waals surface area contributed by atoms with Gasteiger partial charge in [-0.15, -0.1) is 11.3 Å². The number of ether oxygens (including phenoxy) is 1. The number of nitrogens with zero attached hydrogens (tertiary/aromatic N) is 1. The molecule has 1 aromatic rings. The number of hydrogen-bond donors (Lipinski definition) is 0. The maximum Gasteiger partial charge on any atom is 0.219 e. The summed E-state index contributed by atoms with van der Waals surface area (Å²) in [7, 11) is 1.52. The van der Waals surface area contributed by atoms with Crippen LogP contribution in [0.4, 0.5) is 0 Å². The molecule has 0 aromatic carbocycles. The predicted molar refractivity (Wildman–Crippen MR) is 52.4 cm³/mol. The molecule has 0 N–H and O–H groups in total. The molecule has 0 aliphatic rings. The van der Waals surface area contributed by atoms with E-state index >= 15 is 0 Å². The molecule has 0 fully saturated rings. The van der Waals surface area contributed by atoms with E-state index in [9.17, 15) is 4.79 Å². The summed E-state index contributed by atoms with van der Waals surface area (Å²) in [4.78, 5) is 16.8. The zero-order valence-electron chi connectivity index (χ0n) is 8.25. The Balaban J connectivity index is 2.89. The number of carbonyl (C=O) groups excluding carboxylic acids is 1. The van der Waals surface area contributed by atoms with E-state index in [1.807, 2.05) is 13.8 Å². The molecule has 0 radical (unpaired) electrons. The minimum atomic E-state index is -0.398. The van der Waals surface area contributed by atoms with Gasteiger partial charge in [0.25, 0.3) is 0 Å². The number of carbonyl (C=O) groups is 1. The normalized spacial score (nSPS) is 12.9. The predicted octanol–water partition coefficient (Wildman–Crippen LogP) is 1.98. The van der Waals surface area contributed by atoms with Crippen LogP contribution in [0.15, 0.2) is 0 Å². The Morgan fingerprint density at radius 1 is 1.54 bits per heavy atom. The molecule has 1 rings (SSSR count). The van der Waals surface area contributed by atoms with E-state index in [2.05, 4.69) is 4.98 Å². The van der Waals surface area contributed by atoms with Gasteiger partial charge in [-0.3, -0.25) is 4.79 Å². The lowest BCUT2D eigenvalue weighted by Gasteiger charge is -2.04. The van der Waals surface area contributed by atoms with Crippen molar-refractivity contribution in [3.8, 4) is 0 Å². The number of ketones is 1. The van der Waals surface area contributed by atoms with Crippen molar-refractivity contribution in [1.29, 1.82) is 0 Å². The van der Waals surface area contributed by atoms with Gasteiger partial charge in [0, 0.05) is 12.0 Å². The SMILES string of the molecule is COC(C)C(=O)c1nc(C)c(C)s1. The molecular formula is C9H13NO2S. The molecule has 0 spiro atoms. The van der Waals surface area contributed by atoms with E-state index in [-0.39, 0.29) is 5.78 Å². The van der Waals surface area contributed by atoms with Gasteiger partial charge in [0.1, 0.15) is 6.10 Å². The number of rotatable bonds is 3. The molecule has 4 heteroatoms. The van der Waals surface area contributed by atoms with Crippen LogP contribution in [0.2, 0.25) is 0 Å². The van der Waals surface area contributed by atoms with Crippen LogP contribution in [0.5, 0.6) is 0 Å². The third kappa shape index (κ3) is 2.14. The number of Topliss-reactive ketones (excluding diaryl/α,β-unsaturated/α-hetero) is 1. The van der Waals surface area contributed by atoms with Crippen LogP contribution in [-0.4, -0.2) is 24.0 Å². The highest BCUT2D eigenvalue weighted by Crippen LogP contribution is 2.18. The zero-order valence-corrected chi connectivity index (χ0v) is 9.07. The minimum absolute atomic E-state index is 0.0382. The second-order valence-corrected chi connectivity index (χ2v) is 4.11. The van der Waals surface area contributed by atoms with Crippen LogP contribution in [-0.2, 0) is 4.74 Å². The lowest BCUT2D eigenvalue weighted by Crippen LogP contribution is -2.18. The Hall–Kier alpha value is -0.740. The van der Waals surface area contributed by atoms with Crippen LogP contribution < -0.4 is 0 Å². The molecule has 0 saturated carbocycles. The van der Waals surface area contributed by atoms with Gasteiger partial charge in [0.05, 0.1) is 5.69 Å². The van der Waals surface area contributed by atoms with E-state index in [0.29, 0.717) is 5.01 Å². The molecule has 0 saturated heterocycles. The average molecular weight is 199 g/mol. The summed E-state index contributed by atoms with van der Waals surface area (Å²) >= 11 is 1.43. The minimum Gasteiger partial charge on any atom is -0.373 e. The van der Waals surface area contributed by atoms with Crippen molar-refractivity contribution in [2.45, 2.75) is 26.9 Å². The van der Waals surface area contributed by atoms with Crippen LogP contribution in [0.25, 0.3) is 0 Å². The summed E-state index contributed by atoms with van der Waals surface area (Å²) in [6, 6.07) is 0. The molecule has 0 amide bonds. The van der Waals surface area contributed by atoms with Gasteiger partial charge in [-0.2, -0.15) is 0 Å². The molecule has 3 nitrogen and oxygen atoms in total. The van der Waals surface area contributed by atoms with Crippen LogP contribution in [0.1, 0.15) is 27.3 Å². The first-order valence-electron chi connectivity index (χ1n) is 4.07. The van der Waals surface area contributed by atoms with Gasteiger partial charge in [0.15, 0.2) is 5.01 Å². The Bertz CT molecular complexity index is 300. The summed E-state index contributed by atoms with van der Waals surface area (Å²) in [5, 5.41) is 0.546. The summed E-state index contributed by atoms with van der Waals surface area (Å²) in [6.07, 6.45) is -0.398. The first-order chi connectivity index (χ1) is 6.06. The second-order valence-electron chi connectivity index (χ2n) is 2.90. The average Bonchev–Trinajstić information content (AvgIpc) is 2.44. The standard InChI is InChI=1S/C9H13NO2S/c1-5-7(3)13-9(10-5)8(11)6(2)12-4/h6H,1-4H3. The van der Waals surface area contributed by atoms with Gasteiger partial charge in [-0.05, 0) is 20.8 Å². The maximum atomic E-state index is 11.6. The van der Waals surface area contributed by atoms with Crippen molar-refractivity contribution in [1.82, 2.24) is 4.98 Å². The monoisotopic (exact) mass is 199 g/mol. The van der Waals surface area contributed by atoms with Crippen molar-refractivity contribution < 1.29 is 9.53 Å². The molecule has 13 heavy (non-hydrogen) atoms. The molecule has 72 valence electrons. The van der Waals surface area contributed by atoms with Gasteiger partial charge < -0.3 is 4.74 Å². The van der Waals surface area contributed by atoms with Crippen molar-refractivity contribution in [2.75, 3.05) is 7.11 Å². The van der Waals surface area contributed by atoms with Gasteiger partial charge in [0.2, 0.25) is 5.78 Å². The second kappa shape index (κ2) is 3.98. The molecule has 1 unspecified atom stereocenters. The van der Waals surface area contributed by atoms with Gasteiger partial charge in [-0.25, -0.2) is 4.98 Å². The Labute approximate surface area is 81.8 Å². The van der Waals surface area contributed by atoms with Crippen molar-refractivity contribution in [2.24, 2.45) is 0 Å². The number of aryl methyl sites for hydroxylation is 2. The van der Waals surface area contributed by atoms with Crippen molar-refractivity contribution in [3.63, 3.8) is 0 Å². The number of hydrogen-bond acceptors (Lipinski definition) is 4. The Morgan fingerprint density at radius 3 is 2.54 bits per heavy atom. The first-order valence-corrected chi connectivity index (χ1v) is 4.89. The Morgan fingerprint density at radius 2 is 2.15 bits per heavy atom. The van der Waals surface area contributed by atoms with E-state index < -0.39 is 6.10 Å². The summed E-state index contributed by atoms with van der Waals surface area (Å²) in [5.41, 5.74) is 0.927. The third-order valence-electron chi connectivity index (χ3n) is 1.96. The molecule has 0 aliphatic carbocycles. The summed E-state index contributed by atoms with van der Waals surface area (Å²) in [6.45, 7) is 5.59. The quantitative estimate of drug-likeness (QED) is 0.699.